The maximum absolute atomic E-state index is 13.3. The molecule has 1 saturated heterocycles. The maximum Gasteiger partial charge on any atom is 0.351 e. The summed E-state index contributed by atoms with van der Waals surface area (Å²) in [4.78, 5) is 14.8. The molecule has 9 heteroatoms. The van der Waals surface area contributed by atoms with Crippen LogP contribution in [0.15, 0.2) is 22.9 Å². The maximum atomic E-state index is 13.3. The second kappa shape index (κ2) is 5.03. The lowest BCUT2D eigenvalue weighted by Gasteiger charge is -2.16. The molecule has 2 rings (SSSR count). The van der Waals surface area contributed by atoms with Gasteiger partial charge in [0.25, 0.3) is 0 Å². The zero-order chi connectivity index (χ0) is 14.2. The van der Waals surface area contributed by atoms with Gasteiger partial charge in [-0.05, 0) is 0 Å². The van der Waals surface area contributed by atoms with Gasteiger partial charge in [-0.25, -0.2) is 13.6 Å². The first-order valence-electron chi connectivity index (χ1n) is 5.28. The number of aliphatic hydroxyl groups excluding tert-OH is 2. The molecule has 1 aliphatic heterocycles. The van der Waals surface area contributed by atoms with Crippen LogP contribution in [0.4, 0.5) is 14.6 Å². The van der Waals surface area contributed by atoms with Crippen molar-refractivity contribution >= 4 is 5.82 Å². The number of anilines is 1. The van der Waals surface area contributed by atoms with E-state index in [9.17, 15) is 18.7 Å². The minimum Gasteiger partial charge on any atom is -0.393 e. The van der Waals surface area contributed by atoms with E-state index in [0.717, 1.165) is 0 Å². The second-order valence-corrected chi connectivity index (χ2v) is 3.92. The topological polar surface area (TPSA) is 111 Å². The van der Waals surface area contributed by atoms with Crippen LogP contribution < -0.4 is 11.4 Å². The predicted molar refractivity (Wildman–Crippen MR) is 59.1 cm³/mol. The molecule has 1 aromatic rings. The van der Waals surface area contributed by atoms with Gasteiger partial charge in [0.15, 0.2) is 17.9 Å². The Morgan fingerprint density at radius 1 is 1.63 bits per heavy atom. The number of nitrogens with two attached hydrogens (primary N) is 1. The first-order chi connectivity index (χ1) is 8.99. The Morgan fingerprint density at radius 3 is 2.84 bits per heavy atom. The van der Waals surface area contributed by atoms with Crippen molar-refractivity contribution in [2.24, 2.45) is 0 Å². The quantitative estimate of drug-likeness (QED) is 0.643. The third kappa shape index (κ3) is 2.23. The van der Waals surface area contributed by atoms with Crippen LogP contribution in [0, 0.1) is 5.82 Å². The molecular weight excluding hydrogens is 264 g/mol. The van der Waals surface area contributed by atoms with E-state index in [2.05, 4.69) is 4.98 Å². The molecule has 3 atom stereocenters. The van der Waals surface area contributed by atoms with E-state index in [0.29, 0.717) is 10.8 Å². The standard InChI is InChI=1S/C10H11F2N3O4/c11-1-4-6(3-16)19-9(7(4)17)15-2-5(12)8(13)14-10(15)18/h1-2,6-7,9,16-17H,3H2,(H2,13,14,18)/b4-1-. The van der Waals surface area contributed by atoms with Crippen LogP contribution in [0.25, 0.3) is 0 Å². The number of aromatic nitrogens is 2. The van der Waals surface area contributed by atoms with Crippen molar-refractivity contribution < 1.29 is 23.7 Å². The number of rotatable bonds is 2. The van der Waals surface area contributed by atoms with Crippen molar-refractivity contribution in [3.05, 3.63) is 34.4 Å². The predicted octanol–water partition coefficient (Wildman–Crippen LogP) is -0.931. The van der Waals surface area contributed by atoms with E-state index in [-0.39, 0.29) is 11.9 Å². The molecule has 0 aromatic carbocycles. The van der Waals surface area contributed by atoms with Gasteiger partial charge < -0.3 is 20.7 Å². The molecule has 0 spiro atoms. The Balaban J connectivity index is 2.44. The van der Waals surface area contributed by atoms with E-state index >= 15 is 0 Å². The highest BCUT2D eigenvalue weighted by atomic mass is 19.1. The van der Waals surface area contributed by atoms with E-state index in [4.69, 9.17) is 15.6 Å². The van der Waals surface area contributed by atoms with E-state index in [1.165, 1.54) is 0 Å². The molecule has 4 N–H and O–H groups in total. The molecule has 2 heterocycles. The van der Waals surface area contributed by atoms with E-state index < -0.39 is 42.4 Å². The largest absolute Gasteiger partial charge is 0.393 e. The highest BCUT2D eigenvalue weighted by Gasteiger charge is 2.40. The average Bonchev–Trinajstić information content (AvgIpc) is 2.70. The van der Waals surface area contributed by atoms with Gasteiger partial charge in [-0.15, -0.1) is 0 Å². The highest BCUT2D eigenvalue weighted by Crippen LogP contribution is 2.32. The normalized spacial score (nSPS) is 29.1. The zero-order valence-corrected chi connectivity index (χ0v) is 9.53. The fraction of sp³-hybridized carbons (Fsp3) is 0.400. The number of halogens is 2. The van der Waals surface area contributed by atoms with Crippen molar-refractivity contribution in [1.29, 1.82) is 0 Å². The highest BCUT2D eigenvalue weighted by molar-refractivity contribution is 5.27. The summed E-state index contributed by atoms with van der Waals surface area (Å²) < 4.78 is 31.6. The van der Waals surface area contributed by atoms with Crippen LogP contribution in [0.2, 0.25) is 0 Å². The van der Waals surface area contributed by atoms with Crippen molar-refractivity contribution in [3.8, 4) is 0 Å². The molecule has 7 nitrogen and oxygen atoms in total. The van der Waals surface area contributed by atoms with Gasteiger partial charge in [-0.2, -0.15) is 4.98 Å². The summed E-state index contributed by atoms with van der Waals surface area (Å²) in [5.74, 6) is -1.57. The number of hydrogen-bond acceptors (Lipinski definition) is 6. The third-order valence-corrected chi connectivity index (χ3v) is 2.79. The Morgan fingerprint density at radius 2 is 2.32 bits per heavy atom. The van der Waals surface area contributed by atoms with Gasteiger partial charge in [-0.1, -0.05) is 0 Å². The molecule has 0 amide bonds. The van der Waals surface area contributed by atoms with Gasteiger partial charge in [-0.3, -0.25) is 4.57 Å². The van der Waals surface area contributed by atoms with Crippen molar-refractivity contribution in [2.75, 3.05) is 12.3 Å². The van der Waals surface area contributed by atoms with Crippen molar-refractivity contribution in [3.63, 3.8) is 0 Å². The number of aliphatic hydroxyl groups is 2. The van der Waals surface area contributed by atoms with Crippen LogP contribution in [0.5, 0.6) is 0 Å². The molecule has 104 valence electrons. The van der Waals surface area contributed by atoms with Crippen LogP contribution in [0.1, 0.15) is 6.23 Å². The number of nitrogens with zero attached hydrogens (tertiary/aromatic N) is 2. The fourth-order valence-electron chi connectivity index (χ4n) is 1.82. The van der Waals surface area contributed by atoms with Gasteiger partial charge in [0.2, 0.25) is 0 Å². The number of ether oxygens (including phenoxy) is 1. The summed E-state index contributed by atoms with van der Waals surface area (Å²) in [6, 6.07) is 0. The summed E-state index contributed by atoms with van der Waals surface area (Å²) in [6.45, 7) is -0.594. The van der Waals surface area contributed by atoms with Gasteiger partial charge in [0, 0.05) is 5.57 Å². The molecule has 0 bridgehead atoms. The summed E-state index contributed by atoms with van der Waals surface area (Å²) in [5.41, 5.74) is 3.92. The lowest BCUT2D eigenvalue weighted by Crippen LogP contribution is -2.33. The van der Waals surface area contributed by atoms with Gasteiger partial charge in [0.05, 0.1) is 19.1 Å². The van der Waals surface area contributed by atoms with Crippen molar-refractivity contribution in [2.45, 2.75) is 18.4 Å². The van der Waals surface area contributed by atoms with Crippen LogP contribution in [-0.4, -0.2) is 38.6 Å². The molecule has 3 unspecified atom stereocenters. The average molecular weight is 275 g/mol. The molecule has 0 saturated carbocycles. The Kier molecular flexibility index (Phi) is 3.60. The fourth-order valence-corrected chi connectivity index (χ4v) is 1.82. The summed E-state index contributed by atoms with van der Waals surface area (Å²) in [5, 5.41) is 18.8. The SMILES string of the molecule is Nc1nc(=O)n(C2OC(CO)/C(=C/F)C2O)cc1F. The molecule has 1 aliphatic rings. The van der Waals surface area contributed by atoms with E-state index in [1.54, 1.807) is 0 Å². The second-order valence-electron chi connectivity index (χ2n) is 3.92. The summed E-state index contributed by atoms with van der Waals surface area (Å²) in [6.07, 6.45) is -3.25. The summed E-state index contributed by atoms with van der Waals surface area (Å²) >= 11 is 0. The van der Waals surface area contributed by atoms with Crippen LogP contribution in [-0.2, 0) is 4.74 Å². The molecular formula is C10H11F2N3O4. The van der Waals surface area contributed by atoms with Crippen molar-refractivity contribution in [1.82, 2.24) is 9.55 Å². The molecule has 19 heavy (non-hydrogen) atoms. The van der Waals surface area contributed by atoms with Gasteiger partial charge >= 0.3 is 5.69 Å². The number of nitrogen functional groups attached to an aromatic ring is 1. The first kappa shape index (κ1) is 13.6. The van der Waals surface area contributed by atoms with Crippen LogP contribution >= 0.6 is 0 Å². The monoisotopic (exact) mass is 275 g/mol. The smallest absolute Gasteiger partial charge is 0.351 e. The minimum atomic E-state index is -1.54. The minimum absolute atomic E-state index is 0.0810. The molecule has 0 aliphatic carbocycles. The lowest BCUT2D eigenvalue weighted by atomic mass is 10.1. The van der Waals surface area contributed by atoms with Gasteiger partial charge in [0.1, 0.15) is 12.2 Å². The zero-order valence-electron chi connectivity index (χ0n) is 9.53. The van der Waals surface area contributed by atoms with E-state index in [1.807, 2.05) is 0 Å². The van der Waals surface area contributed by atoms with Crippen LogP contribution in [0.3, 0.4) is 0 Å². The Hall–Kier alpha value is -1.84. The third-order valence-electron chi connectivity index (χ3n) is 2.79. The summed E-state index contributed by atoms with van der Waals surface area (Å²) in [7, 11) is 0. The molecule has 0 radical (unpaired) electrons. The first-order valence-corrected chi connectivity index (χ1v) is 5.28. The molecule has 1 fully saturated rings. The number of hydrogen-bond donors (Lipinski definition) is 3. The Labute approximate surface area is 105 Å². The molecule has 1 aromatic heterocycles. The lowest BCUT2D eigenvalue weighted by molar-refractivity contribution is -0.0531. The Bertz CT molecular complexity index is 574.